The van der Waals surface area contributed by atoms with Crippen LogP contribution in [0.3, 0.4) is 0 Å². The third-order valence-electron chi connectivity index (χ3n) is 2.71. The van der Waals surface area contributed by atoms with Crippen LogP contribution in [0.1, 0.15) is 12.5 Å². The van der Waals surface area contributed by atoms with Gasteiger partial charge in [0.05, 0.1) is 11.5 Å². The van der Waals surface area contributed by atoms with Crippen LogP contribution in [0, 0.1) is 0 Å². The fourth-order valence-electron chi connectivity index (χ4n) is 1.49. The van der Waals surface area contributed by atoms with E-state index < -0.39 is 10.0 Å². The van der Waals surface area contributed by atoms with Gasteiger partial charge in [-0.2, -0.15) is 4.31 Å². The molecule has 0 fully saturated rings. The lowest BCUT2D eigenvalue weighted by molar-refractivity contribution is 0.138. The number of hydrogen-bond donors (Lipinski definition) is 1. The van der Waals surface area contributed by atoms with Crippen molar-refractivity contribution in [2.75, 3.05) is 26.8 Å². The molecular formula is C12H19ClN2O3S. The lowest BCUT2D eigenvalue weighted by atomic mass is 10.2. The van der Waals surface area contributed by atoms with Gasteiger partial charge in [-0.1, -0.05) is 17.7 Å². The molecule has 0 heterocycles. The molecule has 0 aromatic heterocycles. The van der Waals surface area contributed by atoms with Gasteiger partial charge >= 0.3 is 0 Å². The summed E-state index contributed by atoms with van der Waals surface area (Å²) in [6.07, 6.45) is 0. The number of rotatable bonds is 7. The minimum Gasteiger partial charge on any atom is -0.380 e. The van der Waals surface area contributed by atoms with Crippen LogP contribution in [0.5, 0.6) is 0 Å². The molecule has 0 radical (unpaired) electrons. The van der Waals surface area contributed by atoms with Crippen LogP contribution in [0.15, 0.2) is 23.1 Å². The molecule has 0 aliphatic rings. The molecule has 2 N–H and O–H groups in total. The third kappa shape index (κ3) is 4.15. The second kappa shape index (κ2) is 7.21. The van der Waals surface area contributed by atoms with E-state index in [1.165, 1.54) is 23.5 Å². The highest BCUT2D eigenvalue weighted by Gasteiger charge is 2.21. The van der Waals surface area contributed by atoms with E-state index in [9.17, 15) is 8.42 Å². The van der Waals surface area contributed by atoms with E-state index in [0.29, 0.717) is 24.8 Å². The molecule has 5 nitrogen and oxygen atoms in total. The van der Waals surface area contributed by atoms with Crippen LogP contribution >= 0.6 is 11.6 Å². The first kappa shape index (κ1) is 16.4. The van der Waals surface area contributed by atoms with Crippen molar-refractivity contribution in [3.05, 3.63) is 28.8 Å². The number of ether oxygens (including phenoxy) is 1. The summed E-state index contributed by atoms with van der Waals surface area (Å²) in [6, 6.07) is 4.57. The van der Waals surface area contributed by atoms with Crippen LogP contribution in [-0.2, 0) is 21.3 Å². The molecule has 0 atom stereocenters. The molecule has 0 amide bonds. The summed E-state index contributed by atoms with van der Waals surface area (Å²) in [4.78, 5) is 0.161. The van der Waals surface area contributed by atoms with Crippen molar-refractivity contribution in [2.45, 2.75) is 18.4 Å². The van der Waals surface area contributed by atoms with Gasteiger partial charge in [-0.05, 0) is 24.6 Å². The van der Waals surface area contributed by atoms with Gasteiger partial charge < -0.3 is 10.5 Å². The number of sulfonamides is 1. The Balaban J connectivity index is 2.90. The second-order valence-corrected chi connectivity index (χ2v) is 6.43. The van der Waals surface area contributed by atoms with Gasteiger partial charge in [0.25, 0.3) is 0 Å². The fraction of sp³-hybridized carbons (Fsp3) is 0.500. The Morgan fingerprint density at radius 2 is 2.11 bits per heavy atom. The molecule has 0 bridgehead atoms. The Bertz CT molecular complexity index is 520. The molecular weight excluding hydrogens is 288 g/mol. The highest BCUT2D eigenvalue weighted by Crippen LogP contribution is 2.22. The number of nitrogens with two attached hydrogens (primary N) is 1. The molecule has 1 aromatic carbocycles. The van der Waals surface area contributed by atoms with E-state index in [1.807, 2.05) is 6.92 Å². The van der Waals surface area contributed by atoms with Gasteiger partial charge in [0.2, 0.25) is 10.0 Å². The molecule has 108 valence electrons. The Morgan fingerprint density at radius 3 is 2.63 bits per heavy atom. The summed E-state index contributed by atoms with van der Waals surface area (Å²) < 4.78 is 30.9. The molecule has 0 aliphatic heterocycles. The van der Waals surface area contributed by atoms with Gasteiger partial charge in [-0.15, -0.1) is 0 Å². The molecule has 0 spiro atoms. The van der Waals surface area contributed by atoms with Crippen LogP contribution in [-0.4, -0.2) is 39.5 Å². The average Bonchev–Trinajstić information content (AvgIpc) is 2.38. The van der Waals surface area contributed by atoms with E-state index in [0.717, 1.165) is 5.56 Å². The quantitative estimate of drug-likeness (QED) is 0.774. The maximum atomic E-state index is 12.3. The summed E-state index contributed by atoms with van der Waals surface area (Å²) in [6.45, 7) is 3.36. The highest BCUT2D eigenvalue weighted by molar-refractivity contribution is 7.89. The maximum Gasteiger partial charge on any atom is 0.242 e. The minimum absolute atomic E-state index is 0.161. The Hall–Kier alpha value is -0.660. The average molecular weight is 307 g/mol. The topological polar surface area (TPSA) is 72.6 Å². The molecule has 19 heavy (non-hydrogen) atoms. The molecule has 1 rings (SSSR count). The largest absolute Gasteiger partial charge is 0.380 e. The number of benzene rings is 1. The van der Waals surface area contributed by atoms with Crippen molar-refractivity contribution in [1.29, 1.82) is 0 Å². The van der Waals surface area contributed by atoms with Crippen LogP contribution in [0.25, 0.3) is 0 Å². The molecule has 0 aliphatic carbocycles. The third-order valence-corrected chi connectivity index (χ3v) is 4.91. The van der Waals surface area contributed by atoms with Crippen LogP contribution < -0.4 is 5.73 Å². The first-order valence-corrected chi connectivity index (χ1v) is 7.77. The van der Waals surface area contributed by atoms with Crippen molar-refractivity contribution in [1.82, 2.24) is 4.31 Å². The summed E-state index contributed by atoms with van der Waals surface area (Å²) in [7, 11) is -2.03. The molecule has 0 saturated heterocycles. The van der Waals surface area contributed by atoms with Gasteiger partial charge in [0, 0.05) is 31.8 Å². The normalized spacial score (nSPS) is 12.1. The van der Waals surface area contributed by atoms with Gasteiger partial charge in [-0.25, -0.2) is 8.42 Å². The zero-order chi connectivity index (χ0) is 14.5. The minimum atomic E-state index is -3.54. The summed E-state index contributed by atoms with van der Waals surface area (Å²) in [5.74, 6) is 0. The summed E-state index contributed by atoms with van der Waals surface area (Å²) >= 11 is 5.98. The lowest BCUT2D eigenvalue weighted by Gasteiger charge is -2.17. The lowest BCUT2D eigenvalue weighted by Crippen LogP contribution is -2.30. The van der Waals surface area contributed by atoms with Crippen LogP contribution in [0.4, 0.5) is 0 Å². The highest BCUT2D eigenvalue weighted by atomic mass is 35.5. The van der Waals surface area contributed by atoms with E-state index in [2.05, 4.69) is 0 Å². The van der Waals surface area contributed by atoms with E-state index in [4.69, 9.17) is 22.1 Å². The number of likely N-dealkylation sites (N-methyl/N-ethyl adjacent to an activating group) is 1. The predicted molar refractivity (Wildman–Crippen MR) is 75.7 cm³/mol. The van der Waals surface area contributed by atoms with Crippen molar-refractivity contribution >= 4 is 21.6 Å². The van der Waals surface area contributed by atoms with Crippen molar-refractivity contribution in [3.8, 4) is 0 Å². The van der Waals surface area contributed by atoms with Gasteiger partial charge in [-0.3, -0.25) is 0 Å². The zero-order valence-corrected chi connectivity index (χ0v) is 12.7. The molecule has 0 saturated carbocycles. The number of hydrogen-bond acceptors (Lipinski definition) is 4. The van der Waals surface area contributed by atoms with Gasteiger partial charge in [0.15, 0.2) is 0 Å². The van der Waals surface area contributed by atoms with E-state index in [1.54, 1.807) is 6.07 Å². The Labute approximate surface area is 119 Å². The molecule has 1 aromatic rings. The molecule has 0 unspecified atom stereocenters. The standard InChI is InChI=1S/C12H19ClN2O3S/c1-3-18-7-6-15(2)19(16,17)11-5-4-10(9-14)12(13)8-11/h4-5,8H,3,6-7,9,14H2,1-2H3. The Kier molecular flexibility index (Phi) is 6.22. The molecule has 7 heteroatoms. The second-order valence-electron chi connectivity index (χ2n) is 3.98. The smallest absolute Gasteiger partial charge is 0.242 e. The summed E-state index contributed by atoms with van der Waals surface area (Å²) in [5, 5.41) is 0.363. The van der Waals surface area contributed by atoms with Crippen molar-refractivity contribution in [2.24, 2.45) is 5.73 Å². The summed E-state index contributed by atoms with van der Waals surface area (Å²) in [5.41, 5.74) is 6.21. The number of nitrogens with zero attached hydrogens (tertiary/aromatic N) is 1. The van der Waals surface area contributed by atoms with Gasteiger partial charge in [0.1, 0.15) is 0 Å². The fourth-order valence-corrected chi connectivity index (χ4v) is 3.00. The van der Waals surface area contributed by atoms with Crippen LogP contribution in [0.2, 0.25) is 5.02 Å². The van der Waals surface area contributed by atoms with Crippen molar-refractivity contribution < 1.29 is 13.2 Å². The first-order valence-electron chi connectivity index (χ1n) is 5.96. The number of halogens is 1. The first-order chi connectivity index (χ1) is 8.93. The van der Waals surface area contributed by atoms with E-state index in [-0.39, 0.29) is 11.4 Å². The SMILES string of the molecule is CCOCCN(C)S(=O)(=O)c1ccc(CN)c(Cl)c1. The maximum absolute atomic E-state index is 12.3. The van der Waals surface area contributed by atoms with Crippen molar-refractivity contribution in [3.63, 3.8) is 0 Å². The predicted octanol–water partition coefficient (Wildman–Crippen LogP) is 1.46. The Morgan fingerprint density at radius 1 is 1.42 bits per heavy atom. The zero-order valence-electron chi connectivity index (χ0n) is 11.1. The van der Waals surface area contributed by atoms with E-state index >= 15 is 0 Å². The monoisotopic (exact) mass is 306 g/mol.